The average Bonchev–Trinajstić information content (AvgIpc) is 3.05. The van der Waals surface area contributed by atoms with Gasteiger partial charge in [-0.05, 0) is 6.42 Å². The number of carbonyl (C=O) groups excluding carboxylic acids is 1. The maximum atomic E-state index is 12.0. The molecule has 0 bridgehead atoms. The van der Waals surface area contributed by atoms with E-state index in [-0.39, 0.29) is 12.3 Å². The first-order valence-electron chi connectivity index (χ1n) is 6.53. The van der Waals surface area contributed by atoms with E-state index in [0.717, 1.165) is 12.8 Å². The number of aromatic nitrogens is 2. The van der Waals surface area contributed by atoms with E-state index in [4.69, 9.17) is 9.63 Å². The van der Waals surface area contributed by atoms with Crippen molar-refractivity contribution in [2.24, 2.45) is 0 Å². The molecule has 1 aromatic heterocycles. The van der Waals surface area contributed by atoms with Gasteiger partial charge >= 0.3 is 5.97 Å². The van der Waals surface area contributed by atoms with Crippen LogP contribution in [-0.2, 0) is 22.4 Å². The third-order valence-electron chi connectivity index (χ3n) is 3.02. The molecule has 1 amide bonds. The van der Waals surface area contributed by atoms with Gasteiger partial charge in [0.1, 0.15) is 6.04 Å². The fourth-order valence-electron chi connectivity index (χ4n) is 1.97. The lowest BCUT2D eigenvalue weighted by Crippen LogP contribution is -2.41. The second-order valence-electron chi connectivity index (χ2n) is 4.57. The third-order valence-corrected chi connectivity index (χ3v) is 4.04. The Morgan fingerprint density at radius 2 is 2.30 bits per heavy atom. The zero-order chi connectivity index (χ0) is 14.5. The summed E-state index contributed by atoms with van der Waals surface area (Å²) in [4.78, 5) is 28.6. The number of hydrogen-bond acceptors (Lipinski definition) is 6. The van der Waals surface area contributed by atoms with Crippen molar-refractivity contribution < 1.29 is 19.2 Å². The summed E-state index contributed by atoms with van der Waals surface area (Å²) in [6, 6.07) is -0.717. The summed E-state index contributed by atoms with van der Waals surface area (Å²) in [6.45, 7) is 2.02. The highest BCUT2D eigenvalue weighted by atomic mass is 32.2. The molecule has 7 nitrogen and oxygen atoms in total. The molecule has 1 N–H and O–H groups in total. The van der Waals surface area contributed by atoms with Crippen molar-refractivity contribution in [3.63, 3.8) is 0 Å². The molecule has 2 rings (SSSR count). The summed E-state index contributed by atoms with van der Waals surface area (Å²) < 4.78 is 5.05. The SMILES string of the molecule is CCCc1noc(CCC(=O)N2CSCC2C(=O)O)n1. The van der Waals surface area contributed by atoms with Gasteiger partial charge < -0.3 is 14.5 Å². The van der Waals surface area contributed by atoms with Gasteiger partial charge in [-0.2, -0.15) is 4.98 Å². The first-order valence-corrected chi connectivity index (χ1v) is 7.68. The molecule has 1 saturated heterocycles. The molecule has 0 radical (unpaired) electrons. The molecule has 1 aromatic rings. The van der Waals surface area contributed by atoms with Crippen LogP contribution in [0.5, 0.6) is 0 Å². The largest absolute Gasteiger partial charge is 0.480 e. The van der Waals surface area contributed by atoms with Crippen LogP contribution in [0.3, 0.4) is 0 Å². The molecule has 8 heteroatoms. The van der Waals surface area contributed by atoms with Gasteiger partial charge in [0.25, 0.3) is 0 Å². The molecule has 20 heavy (non-hydrogen) atoms. The average molecular weight is 299 g/mol. The number of aryl methyl sites for hydroxylation is 2. The Hall–Kier alpha value is -1.57. The third kappa shape index (κ3) is 3.50. The van der Waals surface area contributed by atoms with Crippen LogP contribution < -0.4 is 0 Å². The van der Waals surface area contributed by atoms with E-state index in [2.05, 4.69) is 10.1 Å². The molecule has 1 fully saturated rings. The van der Waals surface area contributed by atoms with Gasteiger partial charge in [-0.15, -0.1) is 11.8 Å². The minimum absolute atomic E-state index is 0.183. The molecule has 2 heterocycles. The van der Waals surface area contributed by atoms with E-state index < -0.39 is 12.0 Å². The van der Waals surface area contributed by atoms with Crippen molar-refractivity contribution in [3.8, 4) is 0 Å². The van der Waals surface area contributed by atoms with Gasteiger partial charge in [-0.1, -0.05) is 12.1 Å². The van der Waals surface area contributed by atoms with Crippen LogP contribution in [0, 0.1) is 0 Å². The molecule has 0 spiro atoms. The maximum Gasteiger partial charge on any atom is 0.327 e. The minimum atomic E-state index is -0.952. The standard InChI is InChI=1S/C12H17N3O4S/c1-2-3-9-13-10(19-14-9)4-5-11(16)15-7-20-6-8(15)12(17)18/h8H,2-7H2,1H3,(H,17,18). The zero-order valence-electron chi connectivity index (χ0n) is 11.2. The van der Waals surface area contributed by atoms with Crippen LogP contribution in [0.1, 0.15) is 31.5 Å². The quantitative estimate of drug-likeness (QED) is 0.835. The number of nitrogens with zero attached hydrogens (tertiary/aromatic N) is 3. The zero-order valence-corrected chi connectivity index (χ0v) is 12.1. The van der Waals surface area contributed by atoms with E-state index in [1.807, 2.05) is 6.92 Å². The molecular weight excluding hydrogens is 282 g/mol. The highest BCUT2D eigenvalue weighted by molar-refractivity contribution is 7.99. The summed E-state index contributed by atoms with van der Waals surface area (Å²) in [5.74, 6) is 0.822. The summed E-state index contributed by atoms with van der Waals surface area (Å²) in [5.41, 5.74) is 0. The molecule has 110 valence electrons. The Kier molecular flexibility index (Phi) is 4.99. The monoisotopic (exact) mass is 299 g/mol. The first-order chi connectivity index (χ1) is 9.61. The van der Waals surface area contributed by atoms with E-state index >= 15 is 0 Å². The lowest BCUT2D eigenvalue weighted by atomic mass is 10.2. The number of carbonyl (C=O) groups is 2. The number of rotatable bonds is 6. The second-order valence-corrected chi connectivity index (χ2v) is 5.57. The van der Waals surface area contributed by atoms with E-state index in [0.29, 0.717) is 29.8 Å². The number of thioether (sulfide) groups is 1. The normalized spacial score (nSPS) is 18.4. The lowest BCUT2D eigenvalue weighted by Gasteiger charge is -2.19. The van der Waals surface area contributed by atoms with Gasteiger partial charge in [0.15, 0.2) is 5.82 Å². The van der Waals surface area contributed by atoms with Crippen molar-refractivity contribution >= 4 is 23.6 Å². The van der Waals surface area contributed by atoms with Crippen molar-refractivity contribution in [1.29, 1.82) is 0 Å². The summed E-state index contributed by atoms with van der Waals surface area (Å²) >= 11 is 1.45. The van der Waals surface area contributed by atoms with Crippen LogP contribution in [-0.4, -0.2) is 49.7 Å². The number of amides is 1. The fraction of sp³-hybridized carbons (Fsp3) is 0.667. The van der Waals surface area contributed by atoms with Crippen molar-refractivity contribution in [3.05, 3.63) is 11.7 Å². The fourth-order valence-corrected chi connectivity index (χ4v) is 3.14. The summed E-state index contributed by atoms with van der Waals surface area (Å²) in [6.07, 6.45) is 2.23. The smallest absolute Gasteiger partial charge is 0.327 e. The molecule has 1 unspecified atom stereocenters. The number of aliphatic carboxylic acids is 1. The van der Waals surface area contributed by atoms with Gasteiger partial charge in [-0.3, -0.25) is 4.79 Å². The maximum absolute atomic E-state index is 12.0. The number of carboxylic acids is 1. The summed E-state index contributed by atoms with van der Waals surface area (Å²) in [5, 5.41) is 12.8. The van der Waals surface area contributed by atoms with Crippen molar-refractivity contribution in [2.45, 2.75) is 38.6 Å². The molecule has 0 aliphatic carbocycles. The highest BCUT2D eigenvalue weighted by Gasteiger charge is 2.34. The Morgan fingerprint density at radius 3 is 3.00 bits per heavy atom. The molecule has 1 aliphatic heterocycles. The van der Waals surface area contributed by atoms with Gasteiger partial charge in [0.2, 0.25) is 11.8 Å². The Labute approximate surface area is 120 Å². The van der Waals surface area contributed by atoms with E-state index in [9.17, 15) is 9.59 Å². The Morgan fingerprint density at radius 1 is 1.50 bits per heavy atom. The van der Waals surface area contributed by atoms with Gasteiger partial charge in [0.05, 0.1) is 5.88 Å². The lowest BCUT2D eigenvalue weighted by molar-refractivity contribution is -0.147. The van der Waals surface area contributed by atoms with Gasteiger partial charge in [0, 0.05) is 25.0 Å². The predicted molar refractivity (Wildman–Crippen MR) is 72.2 cm³/mol. The van der Waals surface area contributed by atoms with Crippen LogP contribution >= 0.6 is 11.8 Å². The van der Waals surface area contributed by atoms with Gasteiger partial charge in [-0.25, -0.2) is 4.79 Å². The van der Waals surface area contributed by atoms with E-state index in [1.165, 1.54) is 16.7 Å². The first kappa shape index (κ1) is 14.8. The Bertz CT molecular complexity index is 491. The topological polar surface area (TPSA) is 96.5 Å². The summed E-state index contributed by atoms with van der Waals surface area (Å²) in [7, 11) is 0. The second kappa shape index (κ2) is 6.74. The number of hydrogen-bond donors (Lipinski definition) is 1. The molecule has 1 atom stereocenters. The Balaban J connectivity index is 1.86. The predicted octanol–water partition coefficient (Wildman–Crippen LogP) is 0.941. The number of carboxylic acid groups (broad SMARTS) is 1. The van der Waals surface area contributed by atoms with Crippen LogP contribution in [0.25, 0.3) is 0 Å². The molecule has 0 saturated carbocycles. The molecule has 1 aliphatic rings. The van der Waals surface area contributed by atoms with E-state index in [1.54, 1.807) is 0 Å². The van der Waals surface area contributed by atoms with Crippen molar-refractivity contribution in [2.75, 3.05) is 11.6 Å². The molecule has 0 aromatic carbocycles. The van der Waals surface area contributed by atoms with Crippen molar-refractivity contribution in [1.82, 2.24) is 15.0 Å². The highest BCUT2D eigenvalue weighted by Crippen LogP contribution is 2.22. The minimum Gasteiger partial charge on any atom is -0.480 e. The van der Waals surface area contributed by atoms with Crippen LogP contribution in [0.2, 0.25) is 0 Å². The molecular formula is C12H17N3O4S. The van der Waals surface area contributed by atoms with Crippen LogP contribution in [0.4, 0.5) is 0 Å². The van der Waals surface area contributed by atoms with Crippen LogP contribution in [0.15, 0.2) is 4.52 Å².